The van der Waals surface area contributed by atoms with Gasteiger partial charge in [-0.3, -0.25) is 0 Å². The van der Waals surface area contributed by atoms with Gasteiger partial charge in [0.25, 0.3) is 0 Å². The van der Waals surface area contributed by atoms with Gasteiger partial charge in [-0.15, -0.1) is 11.3 Å². The fourth-order valence-corrected chi connectivity index (χ4v) is 2.22. The SMILES string of the molecule is CCOCCOCCNCc1ccc(Cl)s1. The largest absolute Gasteiger partial charge is 0.379 e. The third-order valence-corrected chi connectivity index (χ3v) is 3.16. The second-order valence-corrected chi connectivity index (χ2v) is 4.99. The molecule has 0 aliphatic heterocycles. The summed E-state index contributed by atoms with van der Waals surface area (Å²) in [4.78, 5) is 1.25. The summed E-state index contributed by atoms with van der Waals surface area (Å²) in [6, 6.07) is 3.96. The van der Waals surface area contributed by atoms with E-state index in [0.717, 1.165) is 24.0 Å². The van der Waals surface area contributed by atoms with E-state index in [-0.39, 0.29) is 0 Å². The quantitative estimate of drug-likeness (QED) is 0.695. The lowest BCUT2D eigenvalue weighted by molar-refractivity contribution is 0.0539. The zero-order chi connectivity index (χ0) is 11.6. The van der Waals surface area contributed by atoms with Gasteiger partial charge in [-0.1, -0.05) is 11.6 Å². The maximum atomic E-state index is 5.82. The maximum absolute atomic E-state index is 5.82. The van der Waals surface area contributed by atoms with Crippen LogP contribution in [0.15, 0.2) is 12.1 Å². The van der Waals surface area contributed by atoms with Crippen LogP contribution in [0.2, 0.25) is 4.34 Å². The molecule has 92 valence electrons. The highest BCUT2D eigenvalue weighted by Gasteiger charge is 1.96. The minimum Gasteiger partial charge on any atom is -0.379 e. The van der Waals surface area contributed by atoms with Gasteiger partial charge in [-0.05, 0) is 19.1 Å². The number of halogens is 1. The summed E-state index contributed by atoms with van der Waals surface area (Å²) < 4.78 is 11.4. The van der Waals surface area contributed by atoms with Gasteiger partial charge < -0.3 is 14.8 Å². The predicted octanol–water partition coefficient (Wildman–Crippen LogP) is 2.54. The standard InChI is InChI=1S/C11H18ClNO2S/c1-2-14-7-8-15-6-5-13-9-10-3-4-11(12)16-10/h3-4,13H,2,5-9H2,1H3. The molecule has 1 heterocycles. The first kappa shape index (κ1) is 13.9. The second-order valence-electron chi connectivity index (χ2n) is 3.19. The number of ether oxygens (including phenoxy) is 2. The molecule has 5 heteroatoms. The summed E-state index contributed by atoms with van der Waals surface area (Å²) in [5, 5.41) is 3.29. The zero-order valence-corrected chi connectivity index (χ0v) is 11.1. The molecule has 1 aromatic rings. The van der Waals surface area contributed by atoms with Gasteiger partial charge in [0.1, 0.15) is 0 Å². The van der Waals surface area contributed by atoms with E-state index in [4.69, 9.17) is 21.1 Å². The third-order valence-electron chi connectivity index (χ3n) is 1.93. The molecule has 0 radical (unpaired) electrons. The summed E-state index contributed by atoms with van der Waals surface area (Å²) in [5.41, 5.74) is 0. The summed E-state index contributed by atoms with van der Waals surface area (Å²) in [5.74, 6) is 0. The molecule has 0 amide bonds. The van der Waals surface area contributed by atoms with Crippen molar-refractivity contribution in [3.8, 4) is 0 Å². The topological polar surface area (TPSA) is 30.5 Å². The van der Waals surface area contributed by atoms with Crippen molar-refractivity contribution >= 4 is 22.9 Å². The van der Waals surface area contributed by atoms with E-state index in [1.807, 2.05) is 19.1 Å². The van der Waals surface area contributed by atoms with Crippen LogP contribution in [0.5, 0.6) is 0 Å². The van der Waals surface area contributed by atoms with Gasteiger partial charge in [-0.2, -0.15) is 0 Å². The molecule has 0 fully saturated rings. The van der Waals surface area contributed by atoms with Crippen LogP contribution in [0.4, 0.5) is 0 Å². The van der Waals surface area contributed by atoms with Crippen LogP contribution in [0.3, 0.4) is 0 Å². The molecule has 0 aliphatic carbocycles. The van der Waals surface area contributed by atoms with E-state index in [1.165, 1.54) is 4.88 Å². The number of hydrogen-bond donors (Lipinski definition) is 1. The molecule has 0 saturated heterocycles. The van der Waals surface area contributed by atoms with Crippen molar-refractivity contribution in [1.29, 1.82) is 0 Å². The molecule has 0 saturated carbocycles. The lowest BCUT2D eigenvalue weighted by Gasteiger charge is -2.05. The zero-order valence-electron chi connectivity index (χ0n) is 9.50. The molecule has 0 atom stereocenters. The van der Waals surface area contributed by atoms with Crippen LogP contribution in [0.25, 0.3) is 0 Å². The van der Waals surface area contributed by atoms with Crippen LogP contribution in [0.1, 0.15) is 11.8 Å². The smallest absolute Gasteiger partial charge is 0.0931 e. The van der Waals surface area contributed by atoms with Gasteiger partial charge in [0.15, 0.2) is 0 Å². The van der Waals surface area contributed by atoms with Crippen LogP contribution in [-0.2, 0) is 16.0 Å². The Labute approximate surface area is 106 Å². The molecule has 0 aromatic carbocycles. The van der Waals surface area contributed by atoms with E-state index < -0.39 is 0 Å². The summed E-state index contributed by atoms with van der Waals surface area (Å²) in [7, 11) is 0. The van der Waals surface area contributed by atoms with Crippen LogP contribution >= 0.6 is 22.9 Å². The molecular weight excluding hydrogens is 246 g/mol. The number of rotatable bonds is 9. The van der Waals surface area contributed by atoms with Gasteiger partial charge in [0.2, 0.25) is 0 Å². The number of hydrogen-bond acceptors (Lipinski definition) is 4. The van der Waals surface area contributed by atoms with Gasteiger partial charge in [-0.25, -0.2) is 0 Å². The Balaban J connectivity index is 1.88. The Morgan fingerprint density at radius 3 is 2.75 bits per heavy atom. The first-order valence-electron chi connectivity index (χ1n) is 5.43. The molecule has 1 N–H and O–H groups in total. The lowest BCUT2D eigenvalue weighted by atomic mass is 10.4. The van der Waals surface area contributed by atoms with Crippen molar-refractivity contribution in [2.24, 2.45) is 0 Å². The average Bonchev–Trinajstić information content (AvgIpc) is 2.68. The molecule has 3 nitrogen and oxygen atoms in total. The van der Waals surface area contributed by atoms with E-state index >= 15 is 0 Å². The van der Waals surface area contributed by atoms with Crippen molar-refractivity contribution in [1.82, 2.24) is 5.32 Å². The third kappa shape index (κ3) is 6.45. The van der Waals surface area contributed by atoms with Gasteiger partial charge >= 0.3 is 0 Å². The molecule has 0 unspecified atom stereocenters. The number of thiophene rings is 1. The van der Waals surface area contributed by atoms with Crippen molar-refractivity contribution in [3.63, 3.8) is 0 Å². The molecule has 0 aliphatic rings. The highest BCUT2D eigenvalue weighted by atomic mass is 35.5. The molecule has 1 aromatic heterocycles. The van der Waals surface area contributed by atoms with E-state index in [2.05, 4.69) is 5.32 Å². The minimum absolute atomic E-state index is 0.667. The van der Waals surface area contributed by atoms with Crippen molar-refractivity contribution in [2.75, 3.05) is 33.0 Å². The van der Waals surface area contributed by atoms with Gasteiger partial charge in [0.05, 0.1) is 24.2 Å². The summed E-state index contributed by atoms with van der Waals surface area (Å²) >= 11 is 7.43. The predicted molar refractivity (Wildman–Crippen MR) is 68.3 cm³/mol. The molecule has 16 heavy (non-hydrogen) atoms. The first-order chi connectivity index (χ1) is 7.83. The van der Waals surface area contributed by atoms with E-state index in [9.17, 15) is 0 Å². The Kier molecular flexibility index (Phi) is 7.80. The lowest BCUT2D eigenvalue weighted by Crippen LogP contribution is -2.19. The average molecular weight is 264 g/mol. The monoisotopic (exact) mass is 263 g/mol. The highest BCUT2D eigenvalue weighted by Crippen LogP contribution is 2.20. The second kappa shape index (κ2) is 8.96. The fraction of sp³-hybridized carbons (Fsp3) is 0.636. The van der Waals surface area contributed by atoms with Crippen LogP contribution in [-0.4, -0.2) is 33.0 Å². The van der Waals surface area contributed by atoms with E-state index in [0.29, 0.717) is 19.8 Å². The minimum atomic E-state index is 0.667. The molecule has 0 bridgehead atoms. The Morgan fingerprint density at radius 2 is 2.06 bits per heavy atom. The molecule has 0 spiro atoms. The van der Waals surface area contributed by atoms with Crippen LogP contribution < -0.4 is 5.32 Å². The molecular formula is C11H18ClNO2S. The Morgan fingerprint density at radius 1 is 1.25 bits per heavy atom. The summed E-state index contributed by atoms with van der Waals surface area (Å²) in [6.45, 7) is 6.49. The number of nitrogens with one attached hydrogen (secondary N) is 1. The summed E-state index contributed by atoms with van der Waals surface area (Å²) in [6.07, 6.45) is 0. The van der Waals surface area contributed by atoms with Crippen molar-refractivity contribution in [3.05, 3.63) is 21.3 Å². The molecule has 1 rings (SSSR count). The normalized spacial score (nSPS) is 10.9. The Hall–Kier alpha value is -0.130. The van der Waals surface area contributed by atoms with Crippen molar-refractivity contribution in [2.45, 2.75) is 13.5 Å². The van der Waals surface area contributed by atoms with E-state index in [1.54, 1.807) is 11.3 Å². The van der Waals surface area contributed by atoms with Gasteiger partial charge in [0, 0.05) is 24.6 Å². The fourth-order valence-electron chi connectivity index (χ4n) is 1.17. The first-order valence-corrected chi connectivity index (χ1v) is 6.62. The van der Waals surface area contributed by atoms with Crippen molar-refractivity contribution < 1.29 is 9.47 Å². The Bertz CT molecular complexity index is 281. The highest BCUT2D eigenvalue weighted by molar-refractivity contribution is 7.16. The van der Waals surface area contributed by atoms with Crippen LogP contribution in [0, 0.1) is 0 Å². The maximum Gasteiger partial charge on any atom is 0.0931 e.